The molecule has 1 aromatic rings. The molecule has 0 spiro atoms. The summed E-state index contributed by atoms with van der Waals surface area (Å²) in [7, 11) is 0. The molecular formula is C13H25N5O. The summed E-state index contributed by atoms with van der Waals surface area (Å²) >= 11 is 0. The van der Waals surface area contributed by atoms with E-state index in [1.54, 1.807) is 0 Å². The second kappa shape index (κ2) is 5.54. The Labute approximate surface area is 114 Å². The molecule has 2 rings (SSSR count). The third-order valence-corrected chi connectivity index (χ3v) is 4.20. The van der Waals surface area contributed by atoms with Gasteiger partial charge in [0.2, 0.25) is 0 Å². The smallest absolute Gasteiger partial charge is 0.168 e. The first-order valence-electron chi connectivity index (χ1n) is 7.15. The minimum atomic E-state index is 0.0755. The molecule has 1 saturated carbocycles. The van der Waals surface area contributed by atoms with E-state index in [1.165, 1.54) is 0 Å². The molecule has 1 N–H and O–H groups in total. The van der Waals surface area contributed by atoms with Crippen molar-refractivity contribution in [2.45, 2.75) is 59.2 Å². The van der Waals surface area contributed by atoms with E-state index in [-0.39, 0.29) is 11.5 Å². The molecule has 0 radical (unpaired) electrons. The summed E-state index contributed by atoms with van der Waals surface area (Å²) in [6.45, 7) is 12.3. The lowest BCUT2D eigenvalue weighted by atomic mass is 9.64. The van der Waals surface area contributed by atoms with Crippen LogP contribution in [-0.2, 0) is 4.74 Å². The lowest BCUT2D eigenvalue weighted by Crippen LogP contribution is -2.52. The van der Waals surface area contributed by atoms with Crippen molar-refractivity contribution in [3.05, 3.63) is 5.82 Å². The molecule has 1 aromatic heterocycles. The van der Waals surface area contributed by atoms with Gasteiger partial charge in [0.05, 0.1) is 18.2 Å². The summed E-state index contributed by atoms with van der Waals surface area (Å²) in [6, 6.07) is 0.483. The Morgan fingerprint density at radius 2 is 2.21 bits per heavy atom. The fraction of sp³-hybridized carbons (Fsp3) is 0.923. The van der Waals surface area contributed by atoms with Gasteiger partial charge in [-0.05, 0) is 37.2 Å². The molecular weight excluding hydrogens is 242 g/mol. The molecule has 3 unspecified atom stereocenters. The molecule has 0 saturated heterocycles. The molecule has 6 nitrogen and oxygen atoms in total. The van der Waals surface area contributed by atoms with Gasteiger partial charge in [-0.3, -0.25) is 0 Å². The van der Waals surface area contributed by atoms with E-state index in [0.29, 0.717) is 12.1 Å². The number of hydrogen-bond acceptors (Lipinski definition) is 5. The fourth-order valence-corrected chi connectivity index (χ4v) is 2.87. The van der Waals surface area contributed by atoms with Crippen molar-refractivity contribution in [2.24, 2.45) is 5.41 Å². The van der Waals surface area contributed by atoms with Crippen LogP contribution in [0, 0.1) is 5.41 Å². The molecule has 6 heteroatoms. The van der Waals surface area contributed by atoms with Crippen LogP contribution in [0.1, 0.15) is 58.9 Å². The van der Waals surface area contributed by atoms with Gasteiger partial charge < -0.3 is 10.1 Å². The topological polar surface area (TPSA) is 64.9 Å². The Kier molecular flexibility index (Phi) is 4.20. The van der Waals surface area contributed by atoms with Crippen LogP contribution in [0.5, 0.6) is 0 Å². The molecule has 0 aliphatic heterocycles. The van der Waals surface area contributed by atoms with Crippen molar-refractivity contribution in [3.8, 4) is 0 Å². The van der Waals surface area contributed by atoms with Gasteiger partial charge in [0, 0.05) is 12.0 Å². The van der Waals surface area contributed by atoms with E-state index in [0.717, 1.165) is 25.4 Å². The first kappa shape index (κ1) is 14.4. The monoisotopic (exact) mass is 267 g/mol. The standard InChI is InChI=1S/C13H25N5O/c1-6-14-9(3)12-15-16-17-18(12)10-8-11(19-7-2)13(10,4)5/h9-11,14H,6-8H2,1-5H3. The van der Waals surface area contributed by atoms with Gasteiger partial charge in [-0.15, -0.1) is 5.10 Å². The summed E-state index contributed by atoms with van der Waals surface area (Å²) in [4.78, 5) is 0. The largest absolute Gasteiger partial charge is 0.378 e. The van der Waals surface area contributed by atoms with Crippen LogP contribution in [0.25, 0.3) is 0 Å². The third-order valence-electron chi connectivity index (χ3n) is 4.20. The molecule has 1 aliphatic carbocycles. The summed E-state index contributed by atoms with van der Waals surface area (Å²) < 4.78 is 7.75. The zero-order chi connectivity index (χ0) is 14.0. The van der Waals surface area contributed by atoms with E-state index >= 15 is 0 Å². The van der Waals surface area contributed by atoms with E-state index in [1.807, 2.05) is 11.6 Å². The highest BCUT2D eigenvalue weighted by molar-refractivity contribution is 5.04. The number of aromatic nitrogens is 4. The van der Waals surface area contributed by atoms with Crippen LogP contribution in [0.3, 0.4) is 0 Å². The van der Waals surface area contributed by atoms with Crippen LogP contribution in [0.2, 0.25) is 0 Å². The zero-order valence-electron chi connectivity index (χ0n) is 12.6. The number of rotatable bonds is 6. The second-order valence-corrected chi connectivity index (χ2v) is 5.78. The van der Waals surface area contributed by atoms with Gasteiger partial charge in [0.25, 0.3) is 0 Å². The first-order valence-corrected chi connectivity index (χ1v) is 7.15. The predicted molar refractivity (Wildman–Crippen MR) is 72.8 cm³/mol. The van der Waals surface area contributed by atoms with Gasteiger partial charge >= 0.3 is 0 Å². The van der Waals surface area contributed by atoms with E-state index in [4.69, 9.17) is 4.74 Å². The SMILES string of the molecule is CCNC(C)c1nnnn1C1CC(OCC)C1(C)C. The molecule has 3 atom stereocenters. The van der Waals surface area contributed by atoms with Crippen LogP contribution < -0.4 is 5.32 Å². The molecule has 0 amide bonds. The molecule has 1 fully saturated rings. The predicted octanol–water partition coefficient (Wildman–Crippen LogP) is 1.72. The number of tetrazole rings is 1. The van der Waals surface area contributed by atoms with Crippen molar-refractivity contribution in [2.75, 3.05) is 13.2 Å². The van der Waals surface area contributed by atoms with Crippen molar-refractivity contribution in [1.29, 1.82) is 0 Å². The molecule has 1 heterocycles. The van der Waals surface area contributed by atoms with Crippen molar-refractivity contribution >= 4 is 0 Å². The lowest BCUT2D eigenvalue weighted by molar-refractivity contribution is -0.132. The van der Waals surface area contributed by atoms with Crippen molar-refractivity contribution < 1.29 is 4.74 Å². The number of nitrogens with zero attached hydrogens (tertiary/aromatic N) is 4. The lowest BCUT2D eigenvalue weighted by Gasteiger charge is -2.51. The summed E-state index contributed by atoms with van der Waals surface area (Å²) in [5.74, 6) is 0.912. The quantitative estimate of drug-likeness (QED) is 0.850. The Bertz CT molecular complexity index is 417. The van der Waals surface area contributed by atoms with Crippen LogP contribution in [-0.4, -0.2) is 39.5 Å². The van der Waals surface area contributed by atoms with Gasteiger partial charge in [-0.25, -0.2) is 4.68 Å². The highest BCUT2D eigenvalue weighted by atomic mass is 16.5. The fourth-order valence-electron chi connectivity index (χ4n) is 2.87. The van der Waals surface area contributed by atoms with Crippen LogP contribution >= 0.6 is 0 Å². The number of ether oxygens (including phenoxy) is 1. The maximum atomic E-state index is 5.77. The van der Waals surface area contributed by atoms with E-state index in [9.17, 15) is 0 Å². The third kappa shape index (κ3) is 2.51. The van der Waals surface area contributed by atoms with Gasteiger partial charge in [-0.1, -0.05) is 20.8 Å². The van der Waals surface area contributed by atoms with Gasteiger partial charge in [-0.2, -0.15) is 0 Å². The number of nitrogens with one attached hydrogen (secondary N) is 1. The van der Waals surface area contributed by atoms with Gasteiger partial charge in [0.15, 0.2) is 5.82 Å². The summed E-state index contributed by atoms with van der Waals surface area (Å²) in [6.07, 6.45) is 1.28. The van der Waals surface area contributed by atoms with Crippen molar-refractivity contribution in [3.63, 3.8) is 0 Å². The van der Waals surface area contributed by atoms with Gasteiger partial charge in [0.1, 0.15) is 0 Å². The molecule has 19 heavy (non-hydrogen) atoms. The minimum Gasteiger partial charge on any atom is -0.378 e. The molecule has 1 aliphatic rings. The average Bonchev–Trinajstić information content (AvgIpc) is 2.82. The molecule has 108 valence electrons. The van der Waals surface area contributed by atoms with E-state index < -0.39 is 0 Å². The maximum Gasteiger partial charge on any atom is 0.168 e. The Hall–Kier alpha value is -1.01. The maximum absolute atomic E-state index is 5.77. The highest BCUT2D eigenvalue weighted by Gasteiger charge is 2.51. The molecule has 0 bridgehead atoms. The summed E-state index contributed by atoms with van der Waals surface area (Å²) in [5.41, 5.74) is 0.0755. The minimum absolute atomic E-state index is 0.0755. The van der Waals surface area contributed by atoms with E-state index in [2.05, 4.69) is 48.5 Å². The Morgan fingerprint density at radius 1 is 1.47 bits per heavy atom. The number of hydrogen-bond donors (Lipinski definition) is 1. The Balaban J connectivity index is 2.14. The Morgan fingerprint density at radius 3 is 2.79 bits per heavy atom. The summed E-state index contributed by atoms with van der Waals surface area (Å²) in [5, 5.41) is 15.6. The van der Waals surface area contributed by atoms with Crippen LogP contribution in [0.15, 0.2) is 0 Å². The van der Waals surface area contributed by atoms with Crippen LogP contribution in [0.4, 0.5) is 0 Å². The zero-order valence-corrected chi connectivity index (χ0v) is 12.6. The highest BCUT2D eigenvalue weighted by Crippen LogP contribution is 2.51. The first-order chi connectivity index (χ1) is 9.02. The average molecular weight is 267 g/mol. The van der Waals surface area contributed by atoms with Crippen molar-refractivity contribution in [1.82, 2.24) is 25.5 Å². The molecule has 0 aromatic carbocycles. The second-order valence-electron chi connectivity index (χ2n) is 5.78. The normalized spacial score (nSPS) is 27.0.